The number of amides is 2. The van der Waals surface area contributed by atoms with Crippen molar-refractivity contribution in [2.45, 2.75) is 24.9 Å². The zero-order valence-corrected chi connectivity index (χ0v) is 19.2. The van der Waals surface area contributed by atoms with Crippen LogP contribution in [0.4, 0.5) is 0 Å². The quantitative estimate of drug-likeness (QED) is 0.778. The molecule has 2 heterocycles. The number of fused-ring (bicyclic) bond motifs is 1. The maximum absolute atomic E-state index is 13.3. The van der Waals surface area contributed by atoms with E-state index in [-0.39, 0.29) is 17.7 Å². The molecule has 2 aliphatic heterocycles. The number of benzene rings is 2. The fraction of sp³-hybridized carbons (Fsp3) is 0.440. The van der Waals surface area contributed by atoms with Gasteiger partial charge in [0, 0.05) is 39.3 Å². The highest BCUT2D eigenvalue weighted by atomic mass is 16.5. The van der Waals surface area contributed by atoms with E-state index in [1.54, 1.807) is 39.3 Å². The summed E-state index contributed by atoms with van der Waals surface area (Å²) in [5.41, 5.74) is 2.11. The summed E-state index contributed by atoms with van der Waals surface area (Å²) in [6.07, 6.45) is 1.43. The minimum absolute atomic E-state index is 0.0435. The van der Waals surface area contributed by atoms with E-state index < -0.39 is 5.54 Å². The minimum atomic E-state index is -0.621. The van der Waals surface area contributed by atoms with Crippen molar-refractivity contribution < 1.29 is 19.1 Å². The van der Waals surface area contributed by atoms with Gasteiger partial charge in [-0.15, -0.1) is 0 Å². The summed E-state index contributed by atoms with van der Waals surface area (Å²) in [5.74, 6) is 1.05. The molecule has 2 aromatic rings. The van der Waals surface area contributed by atoms with Crippen LogP contribution in [0.3, 0.4) is 0 Å². The van der Waals surface area contributed by atoms with Crippen molar-refractivity contribution in [3.63, 3.8) is 0 Å². The van der Waals surface area contributed by atoms with Gasteiger partial charge >= 0.3 is 0 Å². The first kappa shape index (κ1) is 22.1. The molecule has 0 radical (unpaired) electrons. The normalized spacial score (nSPS) is 22.8. The first-order chi connectivity index (χ1) is 15.3. The van der Waals surface area contributed by atoms with Gasteiger partial charge in [-0.05, 0) is 48.2 Å². The number of likely N-dealkylation sites (tertiary alicyclic amines) is 1. The van der Waals surface area contributed by atoms with E-state index in [1.807, 2.05) is 30.3 Å². The lowest BCUT2D eigenvalue weighted by Crippen LogP contribution is -2.57. The van der Waals surface area contributed by atoms with Crippen LogP contribution in [0.2, 0.25) is 0 Å². The van der Waals surface area contributed by atoms with Crippen molar-refractivity contribution >= 4 is 11.8 Å². The predicted molar refractivity (Wildman–Crippen MR) is 122 cm³/mol. The number of carbonyl (C=O) groups is 2. The third kappa shape index (κ3) is 4.17. The van der Waals surface area contributed by atoms with E-state index in [9.17, 15) is 9.59 Å². The van der Waals surface area contributed by atoms with Gasteiger partial charge in [-0.1, -0.05) is 18.2 Å². The monoisotopic (exact) mass is 437 g/mol. The van der Waals surface area contributed by atoms with Crippen LogP contribution in [0, 0.1) is 5.92 Å². The van der Waals surface area contributed by atoms with E-state index in [2.05, 4.69) is 16.3 Å². The van der Waals surface area contributed by atoms with Crippen molar-refractivity contribution in [3.8, 4) is 11.5 Å². The second kappa shape index (κ2) is 8.82. The number of nitrogens with zero attached hydrogens (tertiary/aromatic N) is 2. The van der Waals surface area contributed by atoms with Gasteiger partial charge in [-0.3, -0.25) is 14.5 Å². The number of aryl methyl sites for hydroxylation is 1. The zero-order chi connectivity index (χ0) is 22.9. The van der Waals surface area contributed by atoms with Crippen LogP contribution >= 0.6 is 0 Å². The molecule has 2 atom stereocenters. The Bertz CT molecular complexity index is 1020. The number of hydrogen-bond donors (Lipinski definition) is 1. The number of hydrogen-bond acceptors (Lipinski definition) is 5. The molecule has 2 amide bonds. The number of nitrogens with one attached hydrogen (secondary N) is 1. The Hall–Kier alpha value is -3.06. The molecule has 32 heavy (non-hydrogen) atoms. The van der Waals surface area contributed by atoms with E-state index >= 15 is 0 Å². The molecule has 170 valence electrons. The first-order valence-electron chi connectivity index (χ1n) is 10.9. The molecule has 0 aliphatic carbocycles. The smallest absolute Gasteiger partial charge is 0.252 e. The van der Waals surface area contributed by atoms with Crippen LogP contribution < -0.4 is 14.8 Å². The molecule has 0 saturated carbocycles. The van der Waals surface area contributed by atoms with Gasteiger partial charge < -0.3 is 19.7 Å². The summed E-state index contributed by atoms with van der Waals surface area (Å²) in [4.78, 5) is 30.4. The van der Waals surface area contributed by atoms with Crippen molar-refractivity contribution in [3.05, 3.63) is 59.2 Å². The molecule has 1 saturated heterocycles. The van der Waals surface area contributed by atoms with Gasteiger partial charge in [0.1, 0.15) is 11.5 Å². The molecule has 0 unspecified atom stereocenters. The summed E-state index contributed by atoms with van der Waals surface area (Å²) >= 11 is 0. The fourth-order valence-electron chi connectivity index (χ4n) is 4.99. The van der Waals surface area contributed by atoms with Crippen molar-refractivity contribution in [2.24, 2.45) is 5.92 Å². The molecular weight excluding hydrogens is 406 g/mol. The molecule has 4 rings (SSSR count). The highest BCUT2D eigenvalue weighted by Gasteiger charge is 2.52. The van der Waals surface area contributed by atoms with Gasteiger partial charge in [0.05, 0.1) is 25.7 Å². The molecule has 7 nitrogen and oxygen atoms in total. The average Bonchev–Trinajstić information content (AvgIpc) is 3.06. The van der Waals surface area contributed by atoms with E-state index in [1.165, 1.54) is 0 Å². The van der Waals surface area contributed by atoms with Gasteiger partial charge in [-0.25, -0.2) is 0 Å². The lowest BCUT2D eigenvalue weighted by atomic mass is 9.81. The van der Waals surface area contributed by atoms with Crippen LogP contribution in [-0.2, 0) is 17.8 Å². The standard InChI is InChI=1S/C25H31N3O4/c1-27(2)24(30)22-15-28(14-17-6-5-7-19(12-17)31-3)16-25(22)11-10-18-8-9-20(32-4)13-21(18)23(29)26-25/h5-9,12-13,22H,10-11,14-16H2,1-4H3,(H,26,29)/t22-,25+/m1/s1. The minimum Gasteiger partial charge on any atom is -0.497 e. The van der Waals surface area contributed by atoms with E-state index in [0.29, 0.717) is 37.4 Å². The Morgan fingerprint density at radius 3 is 2.62 bits per heavy atom. The van der Waals surface area contributed by atoms with Gasteiger partial charge in [-0.2, -0.15) is 0 Å². The Kier molecular flexibility index (Phi) is 6.11. The number of methoxy groups -OCH3 is 2. The Labute approximate surface area is 189 Å². The Morgan fingerprint density at radius 2 is 1.91 bits per heavy atom. The first-order valence-corrected chi connectivity index (χ1v) is 10.9. The Morgan fingerprint density at radius 1 is 1.16 bits per heavy atom. The molecular formula is C25H31N3O4. The molecule has 7 heteroatoms. The van der Waals surface area contributed by atoms with Crippen LogP contribution in [-0.4, -0.2) is 68.6 Å². The fourth-order valence-corrected chi connectivity index (χ4v) is 4.99. The summed E-state index contributed by atoms with van der Waals surface area (Å²) in [5, 5.41) is 3.28. The van der Waals surface area contributed by atoms with Gasteiger partial charge in [0.25, 0.3) is 5.91 Å². The zero-order valence-electron chi connectivity index (χ0n) is 19.2. The topological polar surface area (TPSA) is 71.1 Å². The van der Waals surface area contributed by atoms with Gasteiger partial charge in [0.15, 0.2) is 0 Å². The highest BCUT2D eigenvalue weighted by Crippen LogP contribution is 2.37. The summed E-state index contributed by atoms with van der Waals surface area (Å²) in [6.45, 7) is 1.90. The molecule has 0 bridgehead atoms. The molecule has 1 fully saturated rings. The predicted octanol–water partition coefficient (Wildman–Crippen LogP) is 2.34. The highest BCUT2D eigenvalue weighted by molar-refractivity contribution is 5.97. The Balaban J connectivity index is 1.63. The summed E-state index contributed by atoms with van der Waals surface area (Å²) < 4.78 is 10.7. The maximum atomic E-state index is 13.3. The van der Waals surface area contributed by atoms with Crippen LogP contribution in [0.25, 0.3) is 0 Å². The maximum Gasteiger partial charge on any atom is 0.252 e. The van der Waals surface area contributed by atoms with Crippen molar-refractivity contribution in [1.82, 2.24) is 15.1 Å². The second-order valence-corrected chi connectivity index (χ2v) is 8.94. The second-order valence-electron chi connectivity index (χ2n) is 8.94. The number of carbonyl (C=O) groups excluding carboxylic acids is 2. The lowest BCUT2D eigenvalue weighted by molar-refractivity contribution is -0.134. The average molecular weight is 438 g/mol. The lowest BCUT2D eigenvalue weighted by Gasteiger charge is -2.35. The number of ether oxygens (including phenoxy) is 2. The molecule has 2 aliphatic rings. The third-order valence-corrected chi connectivity index (χ3v) is 6.66. The van der Waals surface area contributed by atoms with E-state index in [0.717, 1.165) is 23.3 Å². The molecule has 1 spiro atoms. The van der Waals surface area contributed by atoms with Crippen LogP contribution in [0.5, 0.6) is 11.5 Å². The van der Waals surface area contributed by atoms with Crippen molar-refractivity contribution in [1.29, 1.82) is 0 Å². The van der Waals surface area contributed by atoms with Crippen molar-refractivity contribution in [2.75, 3.05) is 41.4 Å². The summed E-state index contributed by atoms with van der Waals surface area (Å²) in [6, 6.07) is 13.6. The van der Waals surface area contributed by atoms with Crippen LogP contribution in [0.1, 0.15) is 27.9 Å². The van der Waals surface area contributed by atoms with Gasteiger partial charge in [0.2, 0.25) is 5.91 Å². The molecule has 2 aromatic carbocycles. The third-order valence-electron chi connectivity index (χ3n) is 6.66. The SMILES string of the molecule is COc1cccc(CN2C[C@H](C(=O)N(C)C)[C@]3(CCc4ccc(OC)cc4C(=O)N3)C2)c1. The number of rotatable bonds is 5. The molecule has 0 aromatic heterocycles. The largest absolute Gasteiger partial charge is 0.497 e. The van der Waals surface area contributed by atoms with Crippen LogP contribution in [0.15, 0.2) is 42.5 Å². The molecule has 1 N–H and O–H groups in total. The van der Waals surface area contributed by atoms with E-state index in [4.69, 9.17) is 9.47 Å². The summed E-state index contributed by atoms with van der Waals surface area (Å²) in [7, 11) is 6.80.